The second-order valence-corrected chi connectivity index (χ2v) is 9.58. The standard InChI is InChI=1S/C30H23ClFN3O4/c31-23-7-3-19(4-8-23)21-6-12-28-33-27(17-35(28)16-21)29(37)34-26(30(38)39)15-20-5-11-25(36)14-22(20)13-18-1-9-24(32)10-2-18/h1-12,14,16-17,26,36H,13,15H2,(H,34,37)(H,38,39)/t26-/m0/s1. The summed E-state index contributed by atoms with van der Waals surface area (Å²) in [6.07, 6.45) is 3.71. The minimum Gasteiger partial charge on any atom is -0.508 e. The molecule has 0 fully saturated rings. The van der Waals surface area contributed by atoms with E-state index in [1.54, 1.807) is 53.1 Å². The topological polar surface area (TPSA) is 104 Å². The Labute approximate surface area is 228 Å². The molecule has 2 aromatic heterocycles. The number of hydrogen-bond acceptors (Lipinski definition) is 4. The van der Waals surface area contributed by atoms with E-state index in [4.69, 9.17) is 11.6 Å². The van der Waals surface area contributed by atoms with Crippen molar-refractivity contribution in [3.63, 3.8) is 0 Å². The molecule has 9 heteroatoms. The van der Waals surface area contributed by atoms with E-state index in [-0.39, 0.29) is 23.7 Å². The molecular formula is C30H23ClFN3O4. The first-order valence-electron chi connectivity index (χ1n) is 12.1. The molecule has 0 unspecified atom stereocenters. The van der Waals surface area contributed by atoms with Crippen LogP contribution in [0, 0.1) is 5.82 Å². The van der Waals surface area contributed by atoms with Gasteiger partial charge >= 0.3 is 5.97 Å². The summed E-state index contributed by atoms with van der Waals surface area (Å²) in [4.78, 5) is 29.5. The van der Waals surface area contributed by atoms with Gasteiger partial charge in [-0.25, -0.2) is 14.2 Å². The number of carbonyl (C=O) groups excluding carboxylic acids is 1. The summed E-state index contributed by atoms with van der Waals surface area (Å²) < 4.78 is 15.0. The Morgan fingerprint density at radius 1 is 0.923 bits per heavy atom. The fourth-order valence-electron chi connectivity index (χ4n) is 4.36. The van der Waals surface area contributed by atoms with Gasteiger partial charge in [-0.15, -0.1) is 0 Å². The summed E-state index contributed by atoms with van der Waals surface area (Å²) in [5.74, 6) is -2.18. The lowest BCUT2D eigenvalue weighted by atomic mass is 9.95. The van der Waals surface area contributed by atoms with E-state index in [0.717, 1.165) is 16.7 Å². The van der Waals surface area contributed by atoms with Crippen LogP contribution >= 0.6 is 11.6 Å². The summed E-state index contributed by atoms with van der Waals surface area (Å²) in [5, 5.41) is 23.1. The van der Waals surface area contributed by atoms with Crippen LogP contribution in [0.2, 0.25) is 5.02 Å². The molecule has 3 aromatic carbocycles. The van der Waals surface area contributed by atoms with Gasteiger partial charge in [0.2, 0.25) is 0 Å². The third-order valence-corrected chi connectivity index (χ3v) is 6.64. The van der Waals surface area contributed by atoms with Crippen LogP contribution in [0.5, 0.6) is 5.75 Å². The molecule has 1 amide bonds. The Kier molecular flexibility index (Phi) is 7.29. The number of aliphatic carboxylic acids is 1. The van der Waals surface area contributed by atoms with Crippen LogP contribution in [-0.2, 0) is 17.6 Å². The molecule has 7 nitrogen and oxygen atoms in total. The molecule has 0 saturated heterocycles. The molecule has 0 radical (unpaired) electrons. The molecule has 39 heavy (non-hydrogen) atoms. The summed E-state index contributed by atoms with van der Waals surface area (Å²) in [6.45, 7) is 0. The number of carbonyl (C=O) groups is 2. The molecule has 0 saturated carbocycles. The average Bonchev–Trinajstić information content (AvgIpc) is 3.35. The number of fused-ring (bicyclic) bond motifs is 1. The molecule has 0 aliphatic heterocycles. The lowest BCUT2D eigenvalue weighted by Gasteiger charge is -2.17. The first kappa shape index (κ1) is 25.9. The molecule has 196 valence electrons. The molecule has 0 spiro atoms. The lowest BCUT2D eigenvalue weighted by molar-refractivity contribution is -0.139. The van der Waals surface area contributed by atoms with Crippen molar-refractivity contribution in [2.75, 3.05) is 0 Å². The first-order chi connectivity index (χ1) is 18.7. The number of nitrogens with one attached hydrogen (secondary N) is 1. The quantitative estimate of drug-likeness (QED) is 0.239. The summed E-state index contributed by atoms with van der Waals surface area (Å²) >= 11 is 5.98. The van der Waals surface area contributed by atoms with Gasteiger partial charge < -0.3 is 19.9 Å². The van der Waals surface area contributed by atoms with Crippen molar-refractivity contribution in [2.24, 2.45) is 0 Å². The molecule has 2 heterocycles. The van der Waals surface area contributed by atoms with E-state index in [9.17, 15) is 24.2 Å². The number of imidazole rings is 1. The number of nitrogens with zero attached hydrogens (tertiary/aromatic N) is 2. The maximum absolute atomic E-state index is 13.3. The number of rotatable bonds is 8. The minimum atomic E-state index is -1.25. The minimum absolute atomic E-state index is 0.0219. The van der Waals surface area contributed by atoms with E-state index in [1.165, 1.54) is 18.2 Å². The highest BCUT2D eigenvalue weighted by molar-refractivity contribution is 6.30. The fourth-order valence-corrected chi connectivity index (χ4v) is 4.49. The Morgan fingerprint density at radius 2 is 1.64 bits per heavy atom. The van der Waals surface area contributed by atoms with Gasteiger partial charge in [0.25, 0.3) is 5.91 Å². The largest absolute Gasteiger partial charge is 0.508 e. The highest BCUT2D eigenvalue weighted by Gasteiger charge is 2.24. The first-order valence-corrected chi connectivity index (χ1v) is 12.5. The lowest BCUT2D eigenvalue weighted by Crippen LogP contribution is -2.42. The van der Waals surface area contributed by atoms with Gasteiger partial charge in [-0.1, -0.05) is 41.9 Å². The Balaban J connectivity index is 1.35. The van der Waals surface area contributed by atoms with Gasteiger partial charge in [0.05, 0.1) is 0 Å². The molecule has 1 atom stereocenters. The average molecular weight is 544 g/mol. The van der Waals surface area contributed by atoms with Crippen LogP contribution in [0.4, 0.5) is 4.39 Å². The zero-order valence-electron chi connectivity index (χ0n) is 20.5. The highest BCUT2D eigenvalue weighted by Crippen LogP contribution is 2.24. The maximum Gasteiger partial charge on any atom is 0.326 e. The number of aromatic nitrogens is 2. The van der Waals surface area contributed by atoms with Crippen molar-refractivity contribution in [1.82, 2.24) is 14.7 Å². The third-order valence-electron chi connectivity index (χ3n) is 6.39. The number of aromatic hydroxyl groups is 1. The van der Waals surface area contributed by atoms with Crippen LogP contribution in [0.1, 0.15) is 27.2 Å². The number of benzene rings is 3. The van der Waals surface area contributed by atoms with E-state index in [2.05, 4.69) is 10.3 Å². The molecule has 0 aliphatic rings. The molecule has 0 aliphatic carbocycles. The molecule has 3 N–H and O–H groups in total. The Hall–Kier alpha value is -4.69. The van der Waals surface area contributed by atoms with Crippen LogP contribution in [-0.4, -0.2) is 37.5 Å². The molecule has 0 bridgehead atoms. The number of phenolic OH excluding ortho intramolecular Hbond substituents is 1. The van der Waals surface area contributed by atoms with Crippen LogP contribution in [0.25, 0.3) is 16.8 Å². The van der Waals surface area contributed by atoms with Gasteiger partial charge in [0.1, 0.15) is 28.9 Å². The number of carboxylic acids is 1. The highest BCUT2D eigenvalue weighted by atomic mass is 35.5. The van der Waals surface area contributed by atoms with Crippen molar-refractivity contribution in [3.8, 4) is 16.9 Å². The number of pyridine rings is 1. The number of amides is 1. The zero-order chi connectivity index (χ0) is 27.5. The van der Waals surface area contributed by atoms with Crippen molar-refractivity contribution in [2.45, 2.75) is 18.9 Å². The second kappa shape index (κ2) is 11.0. The van der Waals surface area contributed by atoms with Gasteiger partial charge in [-0.3, -0.25) is 4.79 Å². The van der Waals surface area contributed by atoms with Crippen LogP contribution in [0.15, 0.2) is 91.3 Å². The third kappa shape index (κ3) is 6.08. The van der Waals surface area contributed by atoms with Crippen molar-refractivity contribution >= 4 is 29.1 Å². The molecular weight excluding hydrogens is 521 g/mol. The Bertz CT molecular complexity index is 1670. The molecule has 5 aromatic rings. The monoisotopic (exact) mass is 543 g/mol. The van der Waals surface area contributed by atoms with Crippen molar-refractivity contribution in [1.29, 1.82) is 0 Å². The van der Waals surface area contributed by atoms with E-state index in [0.29, 0.717) is 28.2 Å². The molecule has 5 rings (SSSR count). The zero-order valence-corrected chi connectivity index (χ0v) is 21.3. The predicted molar refractivity (Wildman–Crippen MR) is 146 cm³/mol. The number of hydrogen-bond donors (Lipinski definition) is 3. The summed E-state index contributed by atoms with van der Waals surface area (Å²) in [5.41, 5.74) is 4.54. The predicted octanol–water partition coefficient (Wildman–Crippen LogP) is 5.52. The number of carboxylic acid groups (broad SMARTS) is 1. The van der Waals surface area contributed by atoms with Crippen LogP contribution in [0.3, 0.4) is 0 Å². The van der Waals surface area contributed by atoms with Crippen LogP contribution < -0.4 is 5.32 Å². The van der Waals surface area contributed by atoms with Crippen molar-refractivity contribution in [3.05, 3.63) is 124 Å². The summed E-state index contributed by atoms with van der Waals surface area (Å²) in [7, 11) is 0. The van der Waals surface area contributed by atoms with E-state index < -0.39 is 17.9 Å². The van der Waals surface area contributed by atoms with Gasteiger partial charge in [-0.05, 0) is 82.8 Å². The van der Waals surface area contributed by atoms with Gasteiger partial charge in [0, 0.05) is 23.8 Å². The normalized spacial score (nSPS) is 11.8. The number of phenols is 1. The van der Waals surface area contributed by atoms with E-state index in [1.807, 2.05) is 24.4 Å². The Morgan fingerprint density at radius 3 is 2.36 bits per heavy atom. The van der Waals surface area contributed by atoms with E-state index >= 15 is 0 Å². The fraction of sp³-hybridized carbons (Fsp3) is 0.100. The second-order valence-electron chi connectivity index (χ2n) is 9.14. The smallest absolute Gasteiger partial charge is 0.326 e. The SMILES string of the molecule is O=C(N[C@@H](Cc1ccc(O)cc1Cc1ccc(F)cc1)C(=O)O)c1cn2cc(-c3ccc(Cl)cc3)ccc2n1. The van der Waals surface area contributed by atoms with Crippen molar-refractivity contribution < 1.29 is 24.2 Å². The number of halogens is 2. The maximum atomic E-state index is 13.3. The summed E-state index contributed by atoms with van der Waals surface area (Å²) in [6, 6.07) is 20.3. The van der Waals surface area contributed by atoms with Gasteiger partial charge in [-0.2, -0.15) is 0 Å². The van der Waals surface area contributed by atoms with Gasteiger partial charge in [0.15, 0.2) is 0 Å².